The average molecular weight is 234 g/mol. The lowest BCUT2D eigenvalue weighted by Crippen LogP contribution is -2.61. The first kappa shape index (κ1) is 10.3. The van der Waals surface area contributed by atoms with Gasteiger partial charge in [0.2, 0.25) is 11.8 Å². The first-order valence-corrected chi connectivity index (χ1v) is 5.84. The van der Waals surface area contributed by atoms with Gasteiger partial charge in [-0.1, -0.05) is 0 Å². The maximum Gasteiger partial charge on any atom is 0.246 e. The van der Waals surface area contributed by atoms with Crippen LogP contribution in [0.2, 0.25) is 0 Å². The number of aromatic amines is 1. The number of fused-ring (bicyclic) bond motifs is 1. The molecule has 0 aromatic carbocycles. The number of aromatic nitrogens is 2. The van der Waals surface area contributed by atoms with Crippen molar-refractivity contribution in [1.82, 2.24) is 20.2 Å². The van der Waals surface area contributed by atoms with Gasteiger partial charge in [0.25, 0.3) is 0 Å². The van der Waals surface area contributed by atoms with Crippen molar-refractivity contribution in [2.45, 2.75) is 31.3 Å². The second kappa shape index (κ2) is 3.87. The fourth-order valence-corrected chi connectivity index (χ4v) is 2.58. The third-order valence-electron chi connectivity index (χ3n) is 3.42. The van der Waals surface area contributed by atoms with Crippen LogP contribution in [0.1, 0.15) is 18.5 Å². The number of hydrogen-bond acceptors (Lipinski definition) is 3. The highest BCUT2D eigenvalue weighted by Crippen LogP contribution is 2.22. The fourth-order valence-electron chi connectivity index (χ4n) is 2.58. The van der Waals surface area contributed by atoms with Gasteiger partial charge in [-0.25, -0.2) is 4.98 Å². The van der Waals surface area contributed by atoms with Crippen molar-refractivity contribution >= 4 is 11.8 Å². The number of nitrogens with one attached hydrogen (secondary N) is 2. The van der Waals surface area contributed by atoms with E-state index in [2.05, 4.69) is 15.3 Å². The van der Waals surface area contributed by atoms with Crippen LogP contribution < -0.4 is 5.32 Å². The predicted octanol–water partition coefficient (Wildman–Crippen LogP) is -0.558. The number of rotatable bonds is 2. The summed E-state index contributed by atoms with van der Waals surface area (Å²) in [5.74, 6) is -0.00210. The molecule has 0 radical (unpaired) electrons. The van der Waals surface area contributed by atoms with Gasteiger partial charge < -0.3 is 15.2 Å². The number of amides is 2. The van der Waals surface area contributed by atoms with Crippen LogP contribution in [0.4, 0.5) is 0 Å². The number of carbonyl (C=O) groups excluding carboxylic acids is 2. The van der Waals surface area contributed by atoms with Gasteiger partial charge >= 0.3 is 0 Å². The number of hydrogen-bond donors (Lipinski definition) is 2. The molecule has 17 heavy (non-hydrogen) atoms. The number of imidazole rings is 1. The summed E-state index contributed by atoms with van der Waals surface area (Å²) in [6, 6.07) is -0.696. The largest absolute Gasteiger partial charge is 0.351 e. The van der Waals surface area contributed by atoms with Crippen LogP contribution in [0, 0.1) is 0 Å². The SMILES string of the molecule is O=C1N[C@@H](Cc2c[nH]cn2)C(=O)N2CCCC12. The van der Waals surface area contributed by atoms with Crippen LogP contribution in [-0.4, -0.2) is 45.3 Å². The number of H-pyrrole nitrogens is 1. The second-order valence-electron chi connectivity index (χ2n) is 4.52. The van der Waals surface area contributed by atoms with Crippen LogP contribution in [0.25, 0.3) is 0 Å². The van der Waals surface area contributed by atoms with Crippen molar-refractivity contribution in [3.05, 3.63) is 18.2 Å². The highest BCUT2D eigenvalue weighted by Gasteiger charge is 2.42. The quantitative estimate of drug-likeness (QED) is 0.720. The summed E-state index contributed by atoms with van der Waals surface area (Å²) in [6.07, 6.45) is 5.47. The normalized spacial score (nSPS) is 28.1. The molecule has 2 fully saturated rings. The molecule has 0 saturated carbocycles. The van der Waals surface area contributed by atoms with Crippen molar-refractivity contribution < 1.29 is 9.59 Å². The second-order valence-corrected chi connectivity index (χ2v) is 4.52. The van der Waals surface area contributed by atoms with Gasteiger partial charge in [0.15, 0.2) is 0 Å². The lowest BCUT2D eigenvalue weighted by atomic mass is 10.0. The molecule has 2 atom stereocenters. The van der Waals surface area contributed by atoms with Gasteiger partial charge in [-0.15, -0.1) is 0 Å². The Morgan fingerprint density at radius 3 is 3.12 bits per heavy atom. The van der Waals surface area contributed by atoms with Gasteiger partial charge in [-0.2, -0.15) is 0 Å². The minimum Gasteiger partial charge on any atom is -0.351 e. The van der Waals surface area contributed by atoms with E-state index >= 15 is 0 Å². The summed E-state index contributed by atoms with van der Waals surface area (Å²) >= 11 is 0. The van der Waals surface area contributed by atoms with Gasteiger partial charge in [0, 0.05) is 19.2 Å². The van der Waals surface area contributed by atoms with E-state index in [-0.39, 0.29) is 17.9 Å². The van der Waals surface area contributed by atoms with Crippen molar-refractivity contribution in [2.75, 3.05) is 6.54 Å². The lowest BCUT2D eigenvalue weighted by Gasteiger charge is -2.34. The van der Waals surface area contributed by atoms with E-state index in [1.807, 2.05) is 0 Å². The Morgan fingerprint density at radius 2 is 2.35 bits per heavy atom. The molecule has 1 aromatic heterocycles. The Bertz CT molecular complexity index is 442. The molecule has 3 rings (SSSR count). The van der Waals surface area contributed by atoms with Crippen molar-refractivity contribution in [2.24, 2.45) is 0 Å². The summed E-state index contributed by atoms with van der Waals surface area (Å²) in [5, 5.41) is 2.79. The molecule has 2 aliphatic heterocycles. The van der Waals surface area contributed by atoms with E-state index in [1.165, 1.54) is 0 Å². The van der Waals surface area contributed by atoms with E-state index in [0.717, 1.165) is 18.5 Å². The van der Waals surface area contributed by atoms with Crippen LogP contribution in [0.15, 0.2) is 12.5 Å². The maximum absolute atomic E-state index is 12.2. The molecule has 1 aromatic rings. The monoisotopic (exact) mass is 234 g/mol. The highest BCUT2D eigenvalue weighted by molar-refractivity contribution is 5.97. The summed E-state index contributed by atoms with van der Waals surface area (Å²) in [4.78, 5) is 32.6. The Kier molecular flexibility index (Phi) is 2.35. The molecule has 3 heterocycles. The van der Waals surface area contributed by atoms with Crippen molar-refractivity contribution in [3.8, 4) is 0 Å². The fraction of sp³-hybridized carbons (Fsp3) is 0.545. The molecule has 0 aliphatic carbocycles. The van der Waals surface area contributed by atoms with Crippen LogP contribution in [0.5, 0.6) is 0 Å². The van der Waals surface area contributed by atoms with Gasteiger partial charge in [0.05, 0.1) is 12.0 Å². The minimum absolute atomic E-state index is 0.0232. The average Bonchev–Trinajstić information content (AvgIpc) is 2.96. The summed E-state index contributed by atoms with van der Waals surface area (Å²) in [5.41, 5.74) is 0.793. The predicted molar refractivity (Wildman–Crippen MR) is 59.0 cm³/mol. The van der Waals surface area contributed by atoms with Crippen molar-refractivity contribution in [1.29, 1.82) is 0 Å². The van der Waals surface area contributed by atoms with Crippen LogP contribution in [0.3, 0.4) is 0 Å². The minimum atomic E-state index is -0.458. The summed E-state index contributed by atoms with van der Waals surface area (Å²) in [7, 11) is 0. The zero-order valence-electron chi connectivity index (χ0n) is 9.35. The highest BCUT2D eigenvalue weighted by atomic mass is 16.2. The van der Waals surface area contributed by atoms with E-state index in [1.54, 1.807) is 17.4 Å². The molecule has 1 unspecified atom stereocenters. The number of nitrogens with zero attached hydrogens (tertiary/aromatic N) is 2. The van der Waals surface area contributed by atoms with Gasteiger partial charge in [-0.05, 0) is 12.8 Å². The molecule has 90 valence electrons. The first-order valence-electron chi connectivity index (χ1n) is 5.84. The third kappa shape index (κ3) is 1.69. The molecular formula is C11H14N4O2. The molecule has 2 N–H and O–H groups in total. The van der Waals surface area contributed by atoms with Crippen molar-refractivity contribution in [3.63, 3.8) is 0 Å². The van der Waals surface area contributed by atoms with Gasteiger partial charge in [-0.3, -0.25) is 9.59 Å². The molecule has 6 heteroatoms. The van der Waals surface area contributed by atoms with E-state index in [9.17, 15) is 9.59 Å². The Labute approximate surface area is 98.4 Å². The van der Waals surface area contributed by atoms with Crippen LogP contribution in [-0.2, 0) is 16.0 Å². The summed E-state index contributed by atoms with van der Waals surface area (Å²) in [6.45, 7) is 0.702. The molecule has 0 bridgehead atoms. The van der Waals surface area contributed by atoms with Crippen LogP contribution >= 0.6 is 0 Å². The van der Waals surface area contributed by atoms with E-state index < -0.39 is 6.04 Å². The Hall–Kier alpha value is -1.85. The smallest absolute Gasteiger partial charge is 0.246 e. The Balaban J connectivity index is 1.77. The Morgan fingerprint density at radius 1 is 1.47 bits per heavy atom. The molecule has 2 saturated heterocycles. The molecule has 2 amide bonds. The zero-order chi connectivity index (χ0) is 11.8. The molecule has 2 aliphatic rings. The zero-order valence-corrected chi connectivity index (χ0v) is 9.35. The van der Waals surface area contributed by atoms with E-state index in [0.29, 0.717) is 13.0 Å². The molecule has 6 nitrogen and oxygen atoms in total. The molecular weight excluding hydrogens is 220 g/mol. The third-order valence-corrected chi connectivity index (χ3v) is 3.42. The topological polar surface area (TPSA) is 78.1 Å². The number of piperazine rings is 1. The van der Waals surface area contributed by atoms with E-state index in [4.69, 9.17) is 0 Å². The standard InChI is InChI=1S/C11H14N4O2/c16-10-9-2-1-3-15(9)11(17)8(14-10)4-7-5-12-6-13-7/h5-6,8-9H,1-4H2,(H,12,13)(H,14,16)/t8-,9?/m0/s1. The van der Waals surface area contributed by atoms with Gasteiger partial charge in [0.1, 0.15) is 12.1 Å². The maximum atomic E-state index is 12.2. The summed E-state index contributed by atoms with van der Waals surface area (Å²) < 4.78 is 0. The lowest BCUT2D eigenvalue weighted by molar-refractivity contribution is -0.147. The number of carbonyl (C=O) groups is 2. The molecule has 0 spiro atoms. The first-order chi connectivity index (χ1) is 8.25.